The van der Waals surface area contributed by atoms with Crippen LogP contribution in [0.3, 0.4) is 0 Å². The van der Waals surface area contributed by atoms with Crippen molar-refractivity contribution in [3.05, 3.63) is 121 Å². The van der Waals surface area contributed by atoms with Crippen molar-refractivity contribution >= 4 is 15.8 Å². The Balaban J connectivity index is 0.000000119. The minimum atomic E-state index is -0.455. The predicted molar refractivity (Wildman–Crippen MR) is 136 cm³/mol. The Morgan fingerprint density at radius 3 is 1.50 bits per heavy atom. The van der Waals surface area contributed by atoms with Gasteiger partial charge in [-0.25, -0.2) is 36.1 Å². The van der Waals surface area contributed by atoms with E-state index >= 15 is 0 Å². The molecule has 6 rings (SSSR count). The van der Waals surface area contributed by atoms with Gasteiger partial charge >= 0.3 is 99.8 Å². The van der Waals surface area contributed by atoms with Gasteiger partial charge in [-0.15, -0.1) is 37.1 Å². The Bertz CT molecular complexity index is 916. The molecule has 0 aliphatic heterocycles. The number of hydrogen-bond acceptors (Lipinski definition) is 0. The topological polar surface area (TPSA) is 0 Å². The predicted octanol–water partition coefficient (Wildman–Crippen LogP) is 6.31. The van der Waals surface area contributed by atoms with Crippen molar-refractivity contribution in [2.75, 3.05) is 0 Å². The van der Waals surface area contributed by atoms with Crippen LogP contribution in [0.2, 0.25) is 0 Å². The van der Waals surface area contributed by atoms with E-state index in [1.54, 1.807) is 34.5 Å². The Morgan fingerprint density at radius 1 is 0.656 bits per heavy atom. The van der Waals surface area contributed by atoms with E-state index in [2.05, 4.69) is 110 Å². The maximum atomic E-state index is 2.37. The van der Waals surface area contributed by atoms with Crippen LogP contribution in [-0.2, 0) is 23.3 Å². The molecule has 2 saturated carbocycles. The molecular formula is C30H32SiZr. The van der Waals surface area contributed by atoms with Gasteiger partial charge in [0.25, 0.3) is 0 Å². The van der Waals surface area contributed by atoms with E-state index in [9.17, 15) is 0 Å². The average Bonchev–Trinajstić information content (AvgIpc) is 3.55. The van der Waals surface area contributed by atoms with Crippen molar-refractivity contribution in [3.63, 3.8) is 0 Å². The number of rotatable bonds is 2. The summed E-state index contributed by atoms with van der Waals surface area (Å²) in [6.07, 6.45) is 26.1. The molecule has 4 aliphatic rings. The molecule has 160 valence electrons. The van der Waals surface area contributed by atoms with E-state index in [-0.39, 0.29) is 0 Å². The summed E-state index contributed by atoms with van der Waals surface area (Å²) in [6, 6.07) is 21.7. The van der Waals surface area contributed by atoms with Gasteiger partial charge < -0.3 is 0 Å². The van der Waals surface area contributed by atoms with E-state index in [0.29, 0.717) is 0 Å². The third-order valence-electron chi connectivity index (χ3n) is 6.55. The molecular weight excluding hydrogens is 480 g/mol. The second-order valence-electron chi connectivity index (χ2n) is 8.72. The number of fused-ring (bicyclic) bond motifs is 2. The van der Waals surface area contributed by atoms with Gasteiger partial charge in [0.15, 0.2) is 0 Å². The minimum absolute atomic E-state index is 0.455. The first-order valence-corrected chi connectivity index (χ1v) is 17.1. The number of allylic oxidation sites excluding steroid dienone is 8. The van der Waals surface area contributed by atoms with Crippen LogP contribution in [0.1, 0.15) is 38.5 Å². The summed E-state index contributed by atoms with van der Waals surface area (Å²) >= 11 is 1.64. The van der Waals surface area contributed by atoms with Gasteiger partial charge in [-0.2, -0.15) is 0 Å². The molecule has 2 unspecified atom stereocenters. The molecule has 0 radical (unpaired) electrons. The molecule has 0 amide bonds. The summed E-state index contributed by atoms with van der Waals surface area (Å²) < 4.78 is 0. The quantitative estimate of drug-likeness (QED) is 0.327. The fraction of sp³-hybridized carbons (Fsp3) is 0.267. The van der Waals surface area contributed by atoms with Gasteiger partial charge in [-0.1, -0.05) is 12.8 Å². The summed E-state index contributed by atoms with van der Waals surface area (Å²) in [5.74, 6) is 1.77. The molecule has 2 aromatic rings. The third-order valence-corrected chi connectivity index (χ3v) is 12.6. The van der Waals surface area contributed by atoms with E-state index in [0.717, 1.165) is 11.8 Å². The second kappa shape index (κ2) is 12.5. The van der Waals surface area contributed by atoms with Crippen molar-refractivity contribution in [1.82, 2.24) is 0 Å². The van der Waals surface area contributed by atoms with Gasteiger partial charge in [0.2, 0.25) is 0 Å². The first kappa shape index (κ1) is 23.4. The summed E-state index contributed by atoms with van der Waals surface area (Å²) in [5.41, 5.74) is 2.71. The van der Waals surface area contributed by atoms with Crippen LogP contribution in [0.15, 0.2) is 108 Å². The summed E-state index contributed by atoms with van der Waals surface area (Å²) in [5, 5.41) is 3.03. The van der Waals surface area contributed by atoms with Crippen LogP contribution < -0.4 is 10.4 Å². The molecule has 2 fully saturated rings. The van der Waals surface area contributed by atoms with Crippen molar-refractivity contribution in [2.24, 2.45) is 11.8 Å². The van der Waals surface area contributed by atoms with E-state index in [4.69, 9.17) is 0 Å². The molecule has 2 atom stereocenters. The molecule has 2 heteroatoms. The molecule has 0 bridgehead atoms. The van der Waals surface area contributed by atoms with Crippen LogP contribution in [-0.4, -0.2) is 5.43 Å². The zero-order chi connectivity index (χ0) is 22.0. The standard InChI is InChI=1S/C12H10Si.2C9H11.Zr/c1-3-7-11(8-4-1)13-12-9-5-2-6-10-12;2*1-2-5-9-7-3-6-8(9)4-1;/h1-10H;2*1-2,4,6,9H,3,5,7H2;/q;2*-1;+2. The van der Waals surface area contributed by atoms with Gasteiger partial charge in [0.05, 0.1) is 0 Å². The molecule has 0 nitrogen and oxygen atoms in total. The fourth-order valence-electron chi connectivity index (χ4n) is 4.71. The maximum absolute atomic E-state index is 2.37. The molecule has 0 heterocycles. The van der Waals surface area contributed by atoms with Crippen LogP contribution in [0, 0.1) is 24.7 Å². The van der Waals surface area contributed by atoms with E-state index < -0.39 is 5.43 Å². The van der Waals surface area contributed by atoms with Gasteiger partial charge in [0, 0.05) is 0 Å². The van der Waals surface area contributed by atoms with Gasteiger partial charge in [0.1, 0.15) is 0 Å². The molecule has 2 aromatic carbocycles. The normalized spacial score (nSPS) is 21.8. The Hall–Kier alpha value is -1.76. The molecule has 0 spiro atoms. The van der Waals surface area contributed by atoms with Crippen LogP contribution in [0.5, 0.6) is 0 Å². The Morgan fingerprint density at radius 2 is 1.09 bits per heavy atom. The first-order chi connectivity index (χ1) is 15.8. The first-order valence-electron chi connectivity index (χ1n) is 11.9. The Kier molecular flexibility index (Phi) is 9.12. The monoisotopic (exact) mass is 510 g/mol. The van der Waals surface area contributed by atoms with Crippen LogP contribution in [0.4, 0.5) is 0 Å². The molecule has 4 aliphatic carbocycles. The zero-order valence-electron chi connectivity index (χ0n) is 18.8. The molecule has 0 saturated heterocycles. The van der Waals surface area contributed by atoms with Crippen LogP contribution in [0.25, 0.3) is 0 Å². The van der Waals surface area contributed by atoms with Crippen molar-refractivity contribution < 1.29 is 23.3 Å². The summed E-state index contributed by atoms with van der Waals surface area (Å²) in [7, 11) is 0. The van der Waals surface area contributed by atoms with Crippen molar-refractivity contribution in [2.45, 2.75) is 38.5 Å². The SMILES string of the molecule is C1=CCC2CC[CH-]C2=C1.C1=CCC2CC[CH-]C2=C1.[Zr+2]=[Si](c1ccccc1)c1ccccc1. The third kappa shape index (κ3) is 6.63. The van der Waals surface area contributed by atoms with E-state index in [1.807, 2.05) is 0 Å². The number of benzene rings is 2. The zero-order valence-corrected chi connectivity index (χ0v) is 22.2. The second-order valence-corrected chi connectivity index (χ2v) is 14.3. The number of hydrogen-bond donors (Lipinski definition) is 0. The van der Waals surface area contributed by atoms with Gasteiger partial charge in [-0.05, 0) is 24.7 Å². The summed E-state index contributed by atoms with van der Waals surface area (Å²) in [4.78, 5) is 0. The molecule has 0 N–H and O–H groups in total. The van der Waals surface area contributed by atoms with Crippen molar-refractivity contribution in [1.29, 1.82) is 0 Å². The van der Waals surface area contributed by atoms with E-state index in [1.165, 1.54) is 48.9 Å². The van der Waals surface area contributed by atoms with Crippen molar-refractivity contribution in [3.8, 4) is 0 Å². The molecule has 0 aromatic heterocycles. The van der Waals surface area contributed by atoms with Crippen LogP contribution >= 0.6 is 0 Å². The summed E-state index contributed by atoms with van der Waals surface area (Å²) in [6.45, 7) is 0. The fourth-order valence-corrected chi connectivity index (χ4v) is 8.55. The average molecular weight is 512 g/mol. The Labute approximate surface area is 209 Å². The van der Waals surface area contributed by atoms with Gasteiger partial charge in [-0.3, -0.25) is 0 Å². The molecule has 32 heavy (non-hydrogen) atoms.